The highest BCUT2D eigenvalue weighted by molar-refractivity contribution is 5.54. The van der Waals surface area contributed by atoms with E-state index in [1.807, 2.05) is 19.1 Å². The van der Waals surface area contributed by atoms with Gasteiger partial charge in [-0.3, -0.25) is 0 Å². The van der Waals surface area contributed by atoms with E-state index in [0.29, 0.717) is 35.8 Å². The van der Waals surface area contributed by atoms with Crippen molar-refractivity contribution >= 4 is 0 Å². The number of benzene rings is 2. The lowest BCUT2D eigenvalue weighted by atomic mass is 10.0. The number of aliphatic hydroxyl groups is 1. The molecule has 0 saturated carbocycles. The van der Waals surface area contributed by atoms with E-state index in [0.717, 1.165) is 5.56 Å². The van der Waals surface area contributed by atoms with Gasteiger partial charge in [-0.2, -0.15) is 0 Å². The average molecular weight is 377 g/mol. The molecule has 2 aromatic carbocycles. The van der Waals surface area contributed by atoms with Crippen LogP contribution in [0.2, 0.25) is 0 Å². The Labute approximate surface area is 159 Å². The predicted octanol–water partition coefficient (Wildman–Crippen LogP) is 2.38. The minimum absolute atomic E-state index is 0.0631. The van der Waals surface area contributed by atoms with Gasteiger partial charge in [0.1, 0.15) is 0 Å². The molecule has 0 aliphatic carbocycles. The third-order valence-corrected chi connectivity index (χ3v) is 4.31. The molecule has 0 fully saturated rings. The molecule has 27 heavy (non-hydrogen) atoms. The summed E-state index contributed by atoms with van der Waals surface area (Å²) in [6, 6.07) is 8.14. The number of phenolic OH excluding ortho intramolecular Hbond substituents is 2. The fraction of sp³-hybridized carbons (Fsp3) is 0.400. The molecule has 4 N–H and O–H groups in total. The van der Waals surface area contributed by atoms with Gasteiger partial charge >= 0.3 is 0 Å². The van der Waals surface area contributed by atoms with E-state index < -0.39 is 6.10 Å². The molecule has 148 valence electrons. The van der Waals surface area contributed by atoms with Gasteiger partial charge < -0.3 is 34.8 Å². The van der Waals surface area contributed by atoms with Crippen LogP contribution in [-0.4, -0.2) is 49.2 Å². The summed E-state index contributed by atoms with van der Waals surface area (Å²) in [5.41, 5.74) is 1.53. The van der Waals surface area contributed by atoms with E-state index in [-0.39, 0.29) is 17.5 Å². The summed E-state index contributed by atoms with van der Waals surface area (Å²) in [7, 11) is 4.71. The molecule has 0 amide bonds. The van der Waals surface area contributed by atoms with Crippen molar-refractivity contribution in [2.45, 2.75) is 25.5 Å². The van der Waals surface area contributed by atoms with Crippen LogP contribution in [0.5, 0.6) is 28.7 Å². The molecule has 1 unspecified atom stereocenters. The molecule has 0 aliphatic rings. The van der Waals surface area contributed by atoms with Crippen LogP contribution in [0.15, 0.2) is 30.3 Å². The molecule has 2 aromatic rings. The van der Waals surface area contributed by atoms with Crippen molar-refractivity contribution < 1.29 is 29.5 Å². The first kappa shape index (κ1) is 20.7. The Hall–Kier alpha value is -2.64. The van der Waals surface area contributed by atoms with Crippen molar-refractivity contribution in [2.24, 2.45) is 0 Å². The van der Waals surface area contributed by atoms with Crippen molar-refractivity contribution in [3.05, 3.63) is 41.5 Å². The highest BCUT2D eigenvalue weighted by atomic mass is 16.5. The molecular formula is C20H27NO6. The Balaban J connectivity index is 2.00. The van der Waals surface area contributed by atoms with Crippen molar-refractivity contribution in [3.63, 3.8) is 0 Å². The first-order valence-electron chi connectivity index (χ1n) is 8.61. The number of phenols is 2. The van der Waals surface area contributed by atoms with E-state index in [2.05, 4.69) is 5.32 Å². The number of aliphatic hydroxyl groups excluding tert-OH is 1. The lowest BCUT2D eigenvalue weighted by Gasteiger charge is -2.19. The maximum Gasteiger partial charge on any atom is 0.203 e. The van der Waals surface area contributed by atoms with E-state index in [1.165, 1.54) is 12.1 Å². The number of nitrogens with one attached hydrogen (secondary N) is 1. The normalized spacial score (nSPS) is 13.1. The van der Waals surface area contributed by atoms with E-state index in [1.54, 1.807) is 27.4 Å². The van der Waals surface area contributed by atoms with E-state index in [9.17, 15) is 15.3 Å². The maximum absolute atomic E-state index is 10.3. The highest BCUT2D eigenvalue weighted by Crippen LogP contribution is 2.38. The monoisotopic (exact) mass is 377 g/mol. The number of aromatic hydroxyl groups is 2. The van der Waals surface area contributed by atoms with Crippen LogP contribution in [-0.2, 0) is 6.42 Å². The second-order valence-electron chi connectivity index (χ2n) is 6.31. The zero-order valence-corrected chi connectivity index (χ0v) is 16.0. The van der Waals surface area contributed by atoms with Gasteiger partial charge in [-0.25, -0.2) is 0 Å². The molecule has 0 radical (unpaired) electrons. The smallest absolute Gasteiger partial charge is 0.203 e. The topological polar surface area (TPSA) is 100 Å². The second-order valence-corrected chi connectivity index (χ2v) is 6.31. The lowest BCUT2D eigenvalue weighted by molar-refractivity contribution is 0.170. The molecule has 2 atom stereocenters. The van der Waals surface area contributed by atoms with Gasteiger partial charge in [0.25, 0.3) is 0 Å². The quantitative estimate of drug-likeness (QED) is 0.498. The van der Waals surface area contributed by atoms with Crippen molar-refractivity contribution in [3.8, 4) is 28.7 Å². The van der Waals surface area contributed by atoms with Gasteiger partial charge in [-0.05, 0) is 48.7 Å². The van der Waals surface area contributed by atoms with Gasteiger partial charge in [-0.1, -0.05) is 6.07 Å². The van der Waals surface area contributed by atoms with Crippen LogP contribution in [0.4, 0.5) is 0 Å². The number of ether oxygens (including phenoxy) is 3. The van der Waals surface area contributed by atoms with Crippen LogP contribution in [0.3, 0.4) is 0 Å². The first-order valence-corrected chi connectivity index (χ1v) is 8.61. The first-order chi connectivity index (χ1) is 12.9. The van der Waals surface area contributed by atoms with Gasteiger partial charge in [-0.15, -0.1) is 0 Å². The SMILES string of the molecule is COc1cc(CC(C)NC[C@@H](O)c2ccc(O)c(O)c2)cc(OC)c1OC. The molecule has 7 nitrogen and oxygen atoms in total. The fourth-order valence-electron chi connectivity index (χ4n) is 2.86. The number of rotatable bonds is 9. The summed E-state index contributed by atoms with van der Waals surface area (Å²) in [4.78, 5) is 0. The largest absolute Gasteiger partial charge is 0.504 e. The number of methoxy groups -OCH3 is 3. The van der Waals surface area contributed by atoms with Gasteiger partial charge in [0, 0.05) is 12.6 Å². The van der Waals surface area contributed by atoms with Crippen LogP contribution < -0.4 is 19.5 Å². The standard InChI is InChI=1S/C20H27NO6/c1-12(21-11-17(24)14-5-6-15(22)16(23)10-14)7-13-8-18(25-2)20(27-4)19(9-13)26-3/h5-6,8-10,12,17,21-24H,7,11H2,1-4H3/t12?,17-/m1/s1. The molecule has 2 rings (SSSR count). The van der Waals surface area contributed by atoms with Crippen molar-refractivity contribution in [1.29, 1.82) is 0 Å². The van der Waals surface area contributed by atoms with Gasteiger partial charge in [0.2, 0.25) is 5.75 Å². The third-order valence-electron chi connectivity index (χ3n) is 4.31. The highest BCUT2D eigenvalue weighted by Gasteiger charge is 2.16. The third kappa shape index (κ3) is 5.18. The molecular weight excluding hydrogens is 350 g/mol. The van der Waals surface area contributed by atoms with Crippen molar-refractivity contribution in [1.82, 2.24) is 5.32 Å². The Morgan fingerprint density at radius 3 is 2.07 bits per heavy atom. The minimum Gasteiger partial charge on any atom is -0.504 e. The molecule has 0 aliphatic heterocycles. The minimum atomic E-state index is -0.807. The fourth-order valence-corrected chi connectivity index (χ4v) is 2.86. The van der Waals surface area contributed by atoms with Crippen LogP contribution in [0.25, 0.3) is 0 Å². The number of hydrogen-bond acceptors (Lipinski definition) is 7. The summed E-state index contributed by atoms with van der Waals surface area (Å²) in [5.74, 6) is 1.27. The summed E-state index contributed by atoms with van der Waals surface area (Å²) in [6.45, 7) is 2.31. The molecule has 0 spiro atoms. The Morgan fingerprint density at radius 1 is 0.926 bits per heavy atom. The van der Waals surface area contributed by atoms with Crippen molar-refractivity contribution in [2.75, 3.05) is 27.9 Å². The van der Waals surface area contributed by atoms with Gasteiger partial charge in [0.05, 0.1) is 27.4 Å². The number of hydrogen-bond donors (Lipinski definition) is 4. The Bertz CT molecular complexity index is 739. The van der Waals surface area contributed by atoms with Crippen LogP contribution in [0, 0.1) is 0 Å². The molecule has 0 aromatic heterocycles. The second kappa shape index (κ2) is 9.34. The molecule has 0 heterocycles. The maximum atomic E-state index is 10.3. The summed E-state index contributed by atoms with van der Waals surface area (Å²) >= 11 is 0. The Kier molecular flexibility index (Phi) is 7.15. The predicted molar refractivity (Wildman–Crippen MR) is 102 cm³/mol. The van der Waals surface area contributed by atoms with Crippen LogP contribution >= 0.6 is 0 Å². The van der Waals surface area contributed by atoms with Crippen LogP contribution in [0.1, 0.15) is 24.2 Å². The van der Waals surface area contributed by atoms with E-state index in [4.69, 9.17) is 14.2 Å². The molecule has 0 bridgehead atoms. The Morgan fingerprint density at radius 2 is 1.56 bits per heavy atom. The zero-order chi connectivity index (χ0) is 20.0. The zero-order valence-electron chi connectivity index (χ0n) is 16.0. The van der Waals surface area contributed by atoms with E-state index >= 15 is 0 Å². The summed E-state index contributed by atoms with van der Waals surface area (Å²) in [6.07, 6.45) is -0.122. The average Bonchev–Trinajstić information content (AvgIpc) is 2.67. The summed E-state index contributed by atoms with van der Waals surface area (Å²) < 4.78 is 16.1. The summed E-state index contributed by atoms with van der Waals surface area (Å²) in [5, 5.41) is 32.4. The molecule has 7 heteroatoms. The lowest BCUT2D eigenvalue weighted by Crippen LogP contribution is -2.32. The molecule has 0 saturated heterocycles. The van der Waals surface area contributed by atoms with Gasteiger partial charge in [0.15, 0.2) is 23.0 Å².